The molecular weight excluding hydrogens is 473 g/mol. The lowest BCUT2D eigenvalue weighted by molar-refractivity contribution is -0.147. The smallest absolute Gasteiger partial charge is 0.192 e. The molecule has 0 radical (unpaired) electrons. The predicted octanol–water partition coefficient (Wildman–Crippen LogP) is 9.67. The quantitative estimate of drug-likeness (QED) is 0.335. The maximum absolute atomic E-state index is 7.35. The number of hydrogen-bond acceptors (Lipinski definition) is 2. The fourth-order valence-electron chi connectivity index (χ4n) is 9.46. The van der Waals surface area contributed by atoms with Crippen LogP contribution in [0.4, 0.5) is 0 Å². The average Bonchev–Trinajstić information content (AvgIpc) is 3.40. The van der Waals surface area contributed by atoms with Gasteiger partial charge in [-0.3, -0.25) is 0 Å². The molecule has 4 heteroatoms. The van der Waals surface area contributed by atoms with Crippen LogP contribution in [0.5, 0.6) is 0 Å². The average molecular weight is 533 g/mol. The molecule has 0 aromatic heterocycles. The maximum atomic E-state index is 7.35. The molecule has 10 atom stereocenters. The molecule has 5 fully saturated rings. The molecule has 5 aliphatic carbocycles. The van der Waals surface area contributed by atoms with Crippen molar-refractivity contribution < 1.29 is 8.85 Å². The second-order valence-corrected chi connectivity index (χ2v) is 27.3. The van der Waals surface area contributed by atoms with E-state index >= 15 is 0 Å². The van der Waals surface area contributed by atoms with Gasteiger partial charge in [0.25, 0.3) is 0 Å². The molecule has 5 saturated carbocycles. The molecule has 36 heavy (non-hydrogen) atoms. The van der Waals surface area contributed by atoms with Crippen molar-refractivity contribution in [3.05, 3.63) is 0 Å². The van der Waals surface area contributed by atoms with Gasteiger partial charge in [0.05, 0.1) is 12.2 Å². The Morgan fingerprint density at radius 2 is 1.19 bits per heavy atom. The molecular formula is C32H60O2Si2. The minimum absolute atomic E-state index is 0.298. The molecule has 0 aliphatic heterocycles. The van der Waals surface area contributed by atoms with Gasteiger partial charge in [0.15, 0.2) is 16.6 Å². The van der Waals surface area contributed by atoms with Crippen LogP contribution in [0, 0.1) is 46.3 Å². The lowest BCUT2D eigenvalue weighted by Crippen LogP contribution is -2.59. The van der Waals surface area contributed by atoms with Crippen LogP contribution in [0.1, 0.15) is 107 Å². The SMILES string of the molecule is CC(C)(C)[Si](C)(C)O[C@@H]1[C@@H]2C[C@@H]2C[C@]2(C)C3CC[C@@]4(C)C(CC[C@H]4O[Si](C)(C)C(C)(C)C)C3CC[C@@H]12. The van der Waals surface area contributed by atoms with Gasteiger partial charge in [-0.05, 0) is 134 Å². The van der Waals surface area contributed by atoms with Gasteiger partial charge in [-0.2, -0.15) is 0 Å². The largest absolute Gasteiger partial charge is 0.413 e. The van der Waals surface area contributed by atoms with Crippen LogP contribution >= 0.6 is 0 Å². The highest BCUT2D eigenvalue weighted by Crippen LogP contribution is 2.71. The zero-order chi connectivity index (χ0) is 26.7. The molecule has 0 bridgehead atoms. The Morgan fingerprint density at radius 3 is 1.81 bits per heavy atom. The Morgan fingerprint density at radius 1 is 0.639 bits per heavy atom. The zero-order valence-electron chi connectivity index (χ0n) is 26.1. The summed E-state index contributed by atoms with van der Waals surface area (Å²) in [5, 5.41) is 0.602. The summed E-state index contributed by atoms with van der Waals surface area (Å²) in [5.41, 5.74) is 0.890. The summed E-state index contributed by atoms with van der Waals surface area (Å²) in [6.45, 7) is 29.8. The third kappa shape index (κ3) is 4.20. The van der Waals surface area contributed by atoms with E-state index < -0.39 is 16.6 Å². The van der Waals surface area contributed by atoms with Crippen LogP contribution in [0.3, 0.4) is 0 Å². The van der Waals surface area contributed by atoms with Crippen molar-refractivity contribution >= 4 is 16.6 Å². The van der Waals surface area contributed by atoms with Crippen LogP contribution in [0.25, 0.3) is 0 Å². The summed E-state index contributed by atoms with van der Waals surface area (Å²) < 4.78 is 14.5. The van der Waals surface area contributed by atoms with Crippen molar-refractivity contribution in [1.82, 2.24) is 0 Å². The third-order valence-electron chi connectivity index (χ3n) is 13.8. The monoisotopic (exact) mass is 532 g/mol. The Bertz CT molecular complexity index is 853. The Kier molecular flexibility index (Phi) is 6.53. The van der Waals surface area contributed by atoms with E-state index in [-0.39, 0.29) is 0 Å². The van der Waals surface area contributed by atoms with E-state index in [1.54, 1.807) is 0 Å². The minimum Gasteiger partial charge on any atom is -0.413 e. The van der Waals surface area contributed by atoms with E-state index in [1.165, 1.54) is 51.4 Å². The second kappa shape index (κ2) is 8.43. The van der Waals surface area contributed by atoms with Crippen molar-refractivity contribution in [2.24, 2.45) is 46.3 Å². The normalized spacial score (nSPS) is 47.0. The van der Waals surface area contributed by atoms with E-state index in [9.17, 15) is 0 Å². The number of fused-ring (bicyclic) bond motifs is 6. The van der Waals surface area contributed by atoms with Crippen molar-refractivity contribution in [2.75, 3.05) is 0 Å². The minimum atomic E-state index is -1.75. The van der Waals surface area contributed by atoms with E-state index in [4.69, 9.17) is 8.85 Å². The molecule has 3 unspecified atom stereocenters. The highest BCUT2D eigenvalue weighted by atomic mass is 28.4. The Balaban J connectivity index is 1.37. The highest BCUT2D eigenvalue weighted by molar-refractivity contribution is 6.74. The lowest BCUT2D eigenvalue weighted by atomic mass is 9.45. The van der Waals surface area contributed by atoms with Gasteiger partial charge < -0.3 is 8.85 Å². The first kappa shape index (κ1) is 27.9. The molecule has 5 rings (SSSR count). The van der Waals surface area contributed by atoms with Gasteiger partial charge in [-0.1, -0.05) is 55.4 Å². The molecule has 0 amide bonds. The van der Waals surface area contributed by atoms with Crippen molar-refractivity contribution in [1.29, 1.82) is 0 Å². The fraction of sp³-hybridized carbons (Fsp3) is 1.00. The van der Waals surface area contributed by atoms with Gasteiger partial charge in [-0.25, -0.2) is 0 Å². The van der Waals surface area contributed by atoms with Crippen LogP contribution in [0.2, 0.25) is 36.3 Å². The van der Waals surface area contributed by atoms with Gasteiger partial charge in [0.2, 0.25) is 0 Å². The molecule has 5 aliphatic rings. The van der Waals surface area contributed by atoms with Crippen LogP contribution in [0.15, 0.2) is 0 Å². The lowest BCUT2D eigenvalue weighted by Gasteiger charge is -2.62. The molecule has 0 N–H and O–H groups in total. The standard InChI is InChI=1S/C32H60O2Si2/c1-29(2,3)35(9,10)33-27-16-15-24-22-13-14-26-28(34-36(11,12)30(4,5)6)23-19-21(23)20-32(26,8)25(22)17-18-31(24,27)7/h21-28H,13-20H2,1-12H3/t21-,22?,23-,24?,25?,26+,27-,28-,31+,32-/m1/s1. The second-order valence-electron chi connectivity index (χ2n) is 17.8. The molecule has 0 aromatic carbocycles. The zero-order valence-corrected chi connectivity index (χ0v) is 28.1. The Hall–Kier alpha value is 0.354. The predicted molar refractivity (Wildman–Crippen MR) is 158 cm³/mol. The molecule has 0 saturated heterocycles. The van der Waals surface area contributed by atoms with Gasteiger partial charge in [0.1, 0.15) is 0 Å². The summed E-state index contributed by atoms with van der Waals surface area (Å²) >= 11 is 0. The summed E-state index contributed by atoms with van der Waals surface area (Å²) in [4.78, 5) is 0. The van der Waals surface area contributed by atoms with Crippen LogP contribution < -0.4 is 0 Å². The maximum Gasteiger partial charge on any atom is 0.192 e. The summed E-state index contributed by atoms with van der Waals surface area (Å²) in [7, 11) is -3.50. The topological polar surface area (TPSA) is 18.5 Å². The highest BCUT2D eigenvalue weighted by Gasteiger charge is 2.67. The first-order chi connectivity index (χ1) is 16.3. The van der Waals surface area contributed by atoms with Crippen LogP contribution in [-0.4, -0.2) is 28.8 Å². The van der Waals surface area contributed by atoms with Gasteiger partial charge in [-0.15, -0.1) is 0 Å². The van der Waals surface area contributed by atoms with Gasteiger partial charge >= 0.3 is 0 Å². The molecule has 0 spiro atoms. The first-order valence-electron chi connectivity index (χ1n) is 15.7. The molecule has 0 aromatic rings. The van der Waals surface area contributed by atoms with Gasteiger partial charge in [0, 0.05) is 0 Å². The van der Waals surface area contributed by atoms with Crippen molar-refractivity contribution in [2.45, 2.75) is 155 Å². The Labute approximate surface area is 226 Å². The van der Waals surface area contributed by atoms with E-state index in [2.05, 4.69) is 81.6 Å². The van der Waals surface area contributed by atoms with E-state index in [1.807, 2.05) is 0 Å². The fourth-order valence-corrected chi connectivity index (χ4v) is 12.3. The summed E-state index contributed by atoms with van der Waals surface area (Å²) in [5.74, 6) is 5.32. The van der Waals surface area contributed by atoms with Crippen molar-refractivity contribution in [3.8, 4) is 0 Å². The molecule has 208 valence electrons. The number of rotatable bonds is 4. The van der Waals surface area contributed by atoms with E-state index in [0.29, 0.717) is 33.1 Å². The number of hydrogen-bond donors (Lipinski definition) is 0. The summed E-state index contributed by atoms with van der Waals surface area (Å²) in [6, 6.07) is 0. The van der Waals surface area contributed by atoms with Crippen molar-refractivity contribution in [3.63, 3.8) is 0 Å². The third-order valence-corrected chi connectivity index (χ3v) is 22.8. The molecule has 0 heterocycles. The van der Waals surface area contributed by atoms with E-state index in [0.717, 1.165) is 35.5 Å². The summed E-state index contributed by atoms with van der Waals surface area (Å²) in [6.07, 6.45) is 12.4. The first-order valence-corrected chi connectivity index (χ1v) is 21.5. The van der Waals surface area contributed by atoms with Crippen LogP contribution in [-0.2, 0) is 8.85 Å². The molecule has 2 nitrogen and oxygen atoms in total.